The van der Waals surface area contributed by atoms with E-state index >= 15 is 0 Å². The molecule has 0 saturated heterocycles. The molecule has 130 valence electrons. The van der Waals surface area contributed by atoms with E-state index in [9.17, 15) is 4.79 Å². The van der Waals surface area contributed by atoms with Crippen LogP contribution in [0.4, 0.5) is 5.69 Å². The lowest BCUT2D eigenvalue weighted by Crippen LogP contribution is -2.40. The van der Waals surface area contributed by atoms with Crippen molar-refractivity contribution in [1.29, 1.82) is 0 Å². The van der Waals surface area contributed by atoms with E-state index in [4.69, 9.17) is 0 Å². The number of rotatable bonds is 0. The van der Waals surface area contributed by atoms with Crippen molar-refractivity contribution in [3.63, 3.8) is 0 Å². The molecule has 3 aromatic carbocycles. The van der Waals surface area contributed by atoms with Crippen molar-refractivity contribution in [2.24, 2.45) is 0 Å². The zero-order chi connectivity index (χ0) is 18.6. The number of hydrogen-bond acceptors (Lipinski definition) is 1. The standard InChI is InChI=1S/C25H19NO/c1-17-12-14-22-20(16-17)24(27)26-23-11-7-6-10-19(23)21(25(22,26)2)15-13-18-8-4-3-5-9-18/h3-12,14,16,21H,1-2H3/t21-,25+/m1/s1. The van der Waals surface area contributed by atoms with Crippen LogP contribution in [0.15, 0.2) is 72.8 Å². The molecule has 5 rings (SSSR count). The molecule has 0 N–H and O–H groups in total. The average Bonchev–Trinajstić information content (AvgIpc) is 3.07. The summed E-state index contributed by atoms with van der Waals surface area (Å²) in [5.41, 5.74) is 5.60. The van der Waals surface area contributed by atoms with Crippen molar-refractivity contribution >= 4 is 11.6 Å². The Morgan fingerprint density at radius 1 is 0.963 bits per heavy atom. The summed E-state index contributed by atoms with van der Waals surface area (Å²) in [6.07, 6.45) is 0. The highest BCUT2D eigenvalue weighted by atomic mass is 16.2. The Morgan fingerprint density at radius 3 is 2.52 bits per heavy atom. The summed E-state index contributed by atoms with van der Waals surface area (Å²) < 4.78 is 0. The molecule has 0 unspecified atom stereocenters. The van der Waals surface area contributed by atoms with Crippen molar-refractivity contribution in [3.8, 4) is 11.8 Å². The number of amides is 1. The van der Waals surface area contributed by atoms with E-state index in [1.807, 2.05) is 66.4 Å². The second-order valence-corrected chi connectivity index (χ2v) is 7.46. The lowest BCUT2D eigenvalue weighted by molar-refractivity contribution is 0.0982. The third-order valence-corrected chi connectivity index (χ3v) is 5.80. The van der Waals surface area contributed by atoms with Gasteiger partial charge in [-0.15, -0.1) is 0 Å². The van der Waals surface area contributed by atoms with Gasteiger partial charge in [-0.05, 0) is 49.2 Å². The lowest BCUT2D eigenvalue weighted by atomic mass is 9.79. The van der Waals surface area contributed by atoms with Gasteiger partial charge in [-0.2, -0.15) is 0 Å². The van der Waals surface area contributed by atoms with E-state index in [2.05, 4.69) is 37.0 Å². The van der Waals surface area contributed by atoms with Crippen LogP contribution in [0.1, 0.15) is 45.5 Å². The highest BCUT2D eigenvalue weighted by Crippen LogP contribution is 2.57. The summed E-state index contributed by atoms with van der Waals surface area (Å²) in [6.45, 7) is 4.18. The molecule has 27 heavy (non-hydrogen) atoms. The van der Waals surface area contributed by atoms with Crippen LogP contribution in [0.5, 0.6) is 0 Å². The van der Waals surface area contributed by atoms with Crippen LogP contribution in [0.25, 0.3) is 0 Å². The SMILES string of the molecule is Cc1ccc2c(c1)C(=O)N1c3ccccc3[C@@H](C#Cc3ccccc3)[C@@]21C. The number of carbonyl (C=O) groups excluding carboxylic acids is 1. The summed E-state index contributed by atoms with van der Waals surface area (Å²) in [5.74, 6) is 6.84. The predicted octanol–water partition coefficient (Wildman–Crippen LogP) is 5.02. The first-order valence-corrected chi connectivity index (χ1v) is 9.22. The van der Waals surface area contributed by atoms with Gasteiger partial charge < -0.3 is 0 Å². The fraction of sp³-hybridized carbons (Fsp3) is 0.160. The topological polar surface area (TPSA) is 20.3 Å². The van der Waals surface area contributed by atoms with Crippen molar-refractivity contribution in [2.45, 2.75) is 25.3 Å². The van der Waals surface area contributed by atoms with Gasteiger partial charge in [-0.3, -0.25) is 9.69 Å². The molecule has 2 heteroatoms. The summed E-state index contributed by atoms with van der Waals surface area (Å²) in [6, 6.07) is 24.4. The Kier molecular flexibility index (Phi) is 3.29. The van der Waals surface area contributed by atoms with Gasteiger partial charge in [0.25, 0.3) is 5.91 Å². The van der Waals surface area contributed by atoms with Crippen LogP contribution in [-0.2, 0) is 5.54 Å². The zero-order valence-electron chi connectivity index (χ0n) is 15.4. The van der Waals surface area contributed by atoms with Gasteiger partial charge in [0, 0.05) is 16.8 Å². The first kappa shape index (κ1) is 15.9. The molecule has 2 nitrogen and oxygen atoms in total. The predicted molar refractivity (Wildman–Crippen MR) is 108 cm³/mol. The molecule has 2 aliphatic heterocycles. The molecule has 0 bridgehead atoms. The normalized spacial score (nSPS) is 21.9. The molecular formula is C25H19NO. The molecular weight excluding hydrogens is 330 g/mol. The molecule has 0 saturated carbocycles. The summed E-state index contributed by atoms with van der Waals surface area (Å²) in [7, 11) is 0. The number of carbonyl (C=O) groups is 1. The van der Waals surface area contributed by atoms with Crippen LogP contribution >= 0.6 is 0 Å². The minimum atomic E-state index is -0.481. The molecule has 0 radical (unpaired) electrons. The van der Waals surface area contributed by atoms with Gasteiger partial charge >= 0.3 is 0 Å². The van der Waals surface area contributed by atoms with Gasteiger partial charge in [0.2, 0.25) is 0 Å². The molecule has 2 heterocycles. The molecule has 3 aromatic rings. The van der Waals surface area contributed by atoms with Gasteiger partial charge in [0.15, 0.2) is 0 Å². The second kappa shape index (κ2) is 5.59. The Hall–Kier alpha value is -3.31. The highest BCUT2D eigenvalue weighted by molar-refractivity contribution is 6.14. The van der Waals surface area contributed by atoms with Crippen molar-refractivity contribution < 1.29 is 4.79 Å². The van der Waals surface area contributed by atoms with E-state index in [-0.39, 0.29) is 11.8 Å². The number of anilines is 1. The Labute approximate surface area is 159 Å². The summed E-state index contributed by atoms with van der Waals surface area (Å²) >= 11 is 0. The van der Waals surface area contributed by atoms with E-state index < -0.39 is 5.54 Å². The van der Waals surface area contributed by atoms with E-state index in [0.29, 0.717) is 0 Å². The molecule has 1 amide bonds. The van der Waals surface area contributed by atoms with Gasteiger partial charge in [-0.1, -0.05) is 65.9 Å². The number of aryl methyl sites for hydroxylation is 1. The molecule has 0 spiro atoms. The van der Waals surface area contributed by atoms with E-state index in [1.165, 1.54) is 0 Å². The summed E-state index contributed by atoms with van der Waals surface area (Å²) in [5, 5.41) is 0. The number of benzene rings is 3. The minimum absolute atomic E-state index is 0.0678. The van der Waals surface area contributed by atoms with Crippen molar-refractivity contribution in [2.75, 3.05) is 4.90 Å². The highest BCUT2D eigenvalue weighted by Gasteiger charge is 2.57. The van der Waals surface area contributed by atoms with Crippen LogP contribution < -0.4 is 4.90 Å². The lowest BCUT2D eigenvalue weighted by Gasteiger charge is -2.32. The molecule has 0 aliphatic carbocycles. The Balaban J connectivity index is 1.73. The minimum Gasteiger partial charge on any atom is -0.296 e. The van der Waals surface area contributed by atoms with Crippen LogP contribution in [0, 0.1) is 18.8 Å². The second-order valence-electron chi connectivity index (χ2n) is 7.46. The maximum absolute atomic E-state index is 13.3. The Bertz CT molecular complexity index is 1140. The number of fused-ring (bicyclic) bond motifs is 5. The number of para-hydroxylation sites is 1. The van der Waals surface area contributed by atoms with Gasteiger partial charge in [-0.25, -0.2) is 0 Å². The fourth-order valence-corrected chi connectivity index (χ4v) is 4.51. The molecule has 2 atom stereocenters. The van der Waals surface area contributed by atoms with E-state index in [0.717, 1.165) is 33.5 Å². The maximum atomic E-state index is 13.3. The maximum Gasteiger partial charge on any atom is 0.259 e. The van der Waals surface area contributed by atoms with Crippen LogP contribution in [0.3, 0.4) is 0 Å². The number of nitrogens with zero attached hydrogens (tertiary/aromatic N) is 1. The van der Waals surface area contributed by atoms with Crippen LogP contribution in [0.2, 0.25) is 0 Å². The first-order chi connectivity index (χ1) is 13.1. The summed E-state index contributed by atoms with van der Waals surface area (Å²) in [4.78, 5) is 15.3. The Morgan fingerprint density at radius 2 is 1.70 bits per heavy atom. The zero-order valence-corrected chi connectivity index (χ0v) is 15.4. The van der Waals surface area contributed by atoms with Gasteiger partial charge in [0.05, 0.1) is 11.5 Å². The third kappa shape index (κ3) is 2.12. The quantitative estimate of drug-likeness (QED) is 0.522. The largest absolute Gasteiger partial charge is 0.296 e. The molecule has 2 aliphatic rings. The van der Waals surface area contributed by atoms with E-state index in [1.54, 1.807) is 0 Å². The fourth-order valence-electron chi connectivity index (χ4n) is 4.51. The first-order valence-electron chi connectivity index (χ1n) is 9.22. The van der Waals surface area contributed by atoms with Gasteiger partial charge in [0.1, 0.15) is 0 Å². The van der Waals surface area contributed by atoms with Crippen molar-refractivity contribution in [1.82, 2.24) is 0 Å². The molecule has 0 aromatic heterocycles. The number of hydrogen-bond donors (Lipinski definition) is 0. The van der Waals surface area contributed by atoms with Crippen molar-refractivity contribution in [3.05, 3.63) is 101 Å². The molecule has 0 fully saturated rings. The third-order valence-electron chi connectivity index (χ3n) is 5.80. The average molecular weight is 349 g/mol. The van der Waals surface area contributed by atoms with Crippen LogP contribution in [-0.4, -0.2) is 5.91 Å². The smallest absolute Gasteiger partial charge is 0.259 e. The monoisotopic (exact) mass is 349 g/mol.